The van der Waals surface area contributed by atoms with E-state index < -0.39 is 91.6 Å². The van der Waals surface area contributed by atoms with E-state index in [1.54, 1.807) is 0 Å². The molecule has 1 aromatic rings. The molecule has 1 aromatic carbocycles. The predicted octanol–water partition coefficient (Wildman–Crippen LogP) is -2.09. The number of aliphatic hydroxyl groups excluding tert-OH is 1. The number of phenolic OH excluding ortho intramolecular Hbond substituents is 1. The first-order valence-corrected chi connectivity index (χ1v) is 11.5. The minimum absolute atomic E-state index is 0.0591. The summed E-state index contributed by atoms with van der Waals surface area (Å²) in [6.07, 6.45) is -3.51. The number of benzene rings is 1. The molecule has 0 aliphatic heterocycles. The van der Waals surface area contributed by atoms with E-state index in [-0.39, 0.29) is 12.2 Å². The number of carboxylic acids is 3. The van der Waals surface area contributed by atoms with Gasteiger partial charge in [0.25, 0.3) is 0 Å². The quantitative estimate of drug-likeness (QED) is 0.109. The Balaban J connectivity index is 3.16. The Morgan fingerprint density at radius 2 is 1.21 bits per heavy atom. The van der Waals surface area contributed by atoms with Gasteiger partial charge in [0, 0.05) is 19.3 Å². The van der Waals surface area contributed by atoms with Gasteiger partial charge in [0.15, 0.2) is 0 Å². The summed E-state index contributed by atoms with van der Waals surface area (Å²) in [6.45, 7) is 1.26. The number of nitrogens with one attached hydrogen (secondary N) is 3. The molecule has 3 amide bonds. The van der Waals surface area contributed by atoms with E-state index in [1.165, 1.54) is 31.2 Å². The number of aliphatic carboxylic acids is 3. The monoisotopic (exact) mass is 540 g/mol. The normalized spacial score (nSPS) is 14.7. The molecule has 0 fully saturated rings. The highest BCUT2D eigenvalue weighted by Gasteiger charge is 2.31. The van der Waals surface area contributed by atoms with Crippen LogP contribution in [0.25, 0.3) is 0 Å². The molecule has 1 rings (SSSR count). The molecule has 15 heteroatoms. The van der Waals surface area contributed by atoms with Crippen molar-refractivity contribution in [3.8, 4) is 5.75 Å². The summed E-state index contributed by atoms with van der Waals surface area (Å²) in [6, 6.07) is -0.370. The number of nitrogens with two attached hydrogens (primary N) is 1. The van der Waals surface area contributed by atoms with Crippen LogP contribution in [0, 0.1) is 0 Å². The van der Waals surface area contributed by atoms with E-state index in [0.717, 1.165) is 0 Å². The van der Waals surface area contributed by atoms with Crippen LogP contribution < -0.4 is 21.7 Å². The number of carbonyl (C=O) groups is 6. The molecule has 0 saturated carbocycles. The minimum atomic E-state index is -1.63. The fourth-order valence-corrected chi connectivity index (χ4v) is 3.17. The van der Waals surface area contributed by atoms with Crippen molar-refractivity contribution < 1.29 is 54.3 Å². The fourth-order valence-electron chi connectivity index (χ4n) is 3.17. The summed E-state index contributed by atoms with van der Waals surface area (Å²) in [7, 11) is 0. The van der Waals surface area contributed by atoms with Gasteiger partial charge < -0.3 is 47.2 Å². The highest BCUT2D eigenvalue weighted by Crippen LogP contribution is 2.12. The molecule has 15 nitrogen and oxygen atoms in total. The molecule has 38 heavy (non-hydrogen) atoms. The first kappa shape index (κ1) is 31.8. The van der Waals surface area contributed by atoms with Gasteiger partial charge in [0.2, 0.25) is 17.7 Å². The van der Waals surface area contributed by atoms with Crippen LogP contribution in [0.5, 0.6) is 5.75 Å². The van der Waals surface area contributed by atoms with Gasteiger partial charge in [-0.3, -0.25) is 24.0 Å². The number of hydrogen-bond acceptors (Lipinski definition) is 9. The molecule has 0 aromatic heterocycles. The number of amides is 3. The second kappa shape index (κ2) is 15.1. The van der Waals surface area contributed by atoms with Crippen LogP contribution in [0.1, 0.15) is 38.2 Å². The third kappa shape index (κ3) is 11.2. The molecule has 210 valence electrons. The molecular formula is C23H32N4O11. The molecule has 5 unspecified atom stereocenters. The van der Waals surface area contributed by atoms with Crippen molar-refractivity contribution in [2.75, 3.05) is 0 Å². The Kier molecular flexibility index (Phi) is 12.6. The Labute approximate surface area is 217 Å². The van der Waals surface area contributed by atoms with Crippen molar-refractivity contribution in [2.45, 2.75) is 69.3 Å². The van der Waals surface area contributed by atoms with Gasteiger partial charge in [-0.25, -0.2) is 4.79 Å². The number of hydrogen-bond donors (Lipinski definition) is 9. The zero-order valence-corrected chi connectivity index (χ0v) is 20.5. The third-order valence-corrected chi connectivity index (χ3v) is 5.37. The van der Waals surface area contributed by atoms with E-state index in [1.807, 2.05) is 0 Å². The third-order valence-electron chi connectivity index (χ3n) is 5.37. The van der Waals surface area contributed by atoms with Gasteiger partial charge in [-0.15, -0.1) is 0 Å². The first-order chi connectivity index (χ1) is 17.7. The van der Waals surface area contributed by atoms with E-state index in [0.29, 0.717) is 5.56 Å². The maximum Gasteiger partial charge on any atom is 0.326 e. The predicted molar refractivity (Wildman–Crippen MR) is 129 cm³/mol. The molecule has 0 spiro atoms. The van der Waals surface area contributed by atoms with Crippen LogP contribution in [0.15, 0.2) is 24.3 Å². The molecule has 0 heterocycles. The lowest BCUT2D eigenvalue weighted by Gasteiger charge is -2.25. The van der Waals surface area contributed by atoms with Crippen molar-refractivity contribution in [1.82, 2.24) is 16.0 Å². The number of rotatable bonds is 16. The van der Waals surface area contributed by atoms with Gasteiger partial charge in [-0.2, -0.15) is 0 Å². The number of carbonyl (C=O) groups excluding carboxylic acids is 3. The summed E-state index contributed by atoms with van der Waals surface area (Å²) < 4.78 is 0. The van der Waals surface area contributed by atoms with Crippen LogP contribution in [-0.2, 0) is 35.2 Å². The summed E-state index contributed by atoms with van der Waals surface area (Å²) >= 11 is 0. The lowest BCUT2D eigenvalue weighted by atomic mass is 10.0. The smallest absolute Gasteiger partial charge is 0.326 e. The number of phenols is 1. The summed E-state index contributed by atoms with van der Waals surface area (Å²) in [4.78, 5) is 71.7. The molecule has 0 bridgehead atoms. The summed E-state index contributed by atoms with van der Waals surface area (Å²) in [5.41, 5.74) is 6.10. The fraction of sp³-hybridized carbons (Fsp3) is 0.478. The van der Waals surface area contributed by atoms with Gasteiger partial charge in [0.1, 0.15) is 29.9 Å². The van der Waals surface area contributed by atoms with Crippen LogP contribution in [0.2, 0.25) is 0 Å². The highest BCUT2D eigenvalue weighted by molar-refractivity contribution is 5.94. The summed E-state index contributed by atoms with van der Waals surface area (Å²) in [5, 5.41) is 53.0. The maximum absolute atomic E-state index is 13.1. The molecular weight excluding hydrogens is 508 g/mol. The SMILES string of the molecule is CC(O)C(N)C(=O)NC(Cc1ccc(O)cc1)C(=O)NC(CCC(=O)O)C(=O)NC(CCC(=O)O)C(=O)O. The molecule has 0 aliphatic rings. The molecule has 0 saturated heterocycles. The average Bonchev–Trinajstić information content (AvgIpc) is 2.83. The Morgan fingerprint density at radius 3 is 1.68 bits per heavy atom. The average molecular weight is 541 g/mol. The summed E-state index contributed by atoms with van der Waals surface area (Å²) in [5.74, 6) is -7.13. The Morgan fingerprint density at radius 1 is 0.763 bits per heavy atom. The van der Waals surface area contributed by atoms with Crippen LogP contribution >= 0.6 is 0 Å². The largest absolute Gasteiger partial charge is 0.508 e. The topological polar surface area (TPSA) is 266 Å². The Bertz CT molecular complexity index is 1010. The van der Waals surface area contributed by atoms with E-state index >= 15 is 0 Å². The van der Waals surface area contributed by atoms with Gasteiger partial charge in [0.05, 0.1) is 6.10 Å². The van der Waals surface area contributed by atoms with Gasteiger partial charge >= 0.3 is 17.9 Å². The minimum Gasteiger partial charge on any atom is -0.508 e. The second-order valence-corrected chi connectivity index (χ2v) is 8.52. The van der Waals surface area contributed by atoms with Crippen molar-refractivity contribution in [1.29, 1.82) is 0 Å². The van der Waals surface area contributed by atoms with Gasteiger partial charge in [-0.1, -0.05) is 12.1 Å². The number of aromatic hydroxyl groups is 1. The van der Waals surface area contributed by atoms with Gasteiger partial charge in [-0.05, 0) is 37.5 Å². The number of aliphatic hydroxyl groups is 1. The van der Waals surface area contributed by atoms with Crippen molar-refractivity contribution in [3.63, 3.8) is 0 Å². The number of carboxylic acid groups (broad SMARTS) is 3. The van der Waals surface area contributed by atoms with E-state index in [9.17, 15) is 44.1 Å². The molecule has 0 aliphatic carbocycles. The van der Waals surface area contributed by atoms with Crippen LogP contribution in [0.3, 0.4) is 0 Å². The maximum atomic E-state index is 13.1. The molecule has 0 radical (unpaired) electrons. The zero-order valence-electron chi connectivity index (χ0n) is 20.5. The van der Waals surface area contributed by atoms with Crippen LogP contribution in [-0.4, -0.2) is 91.4 Å². The van der Waals surface area contributed by atoms with Crippen molar-refractivity contribution in [2.24, 2.45) is 5.73 Å². The zero-order chi connectivity index (χ0) is 29.0. The molecule has 5 atom stereocenters. The van der Waals surface area contributed by atoms with Crippen molar-refractivity contribution in [3.05, 3.63) is 29.8 Å². The highest BCUT2D eigenvalue weighted by atomic mass is 16.4. The first-order valence-electron chi connectivity index (χ1n) is 11.5. The van der Waals surface area contributed by atoms with Crippen molar-refractivity contribution >= 4 is 35.6 Å². The van der Waals surface area contributed by atoms with E-state index in [2.05, 4.69) is 16.0 Å². The lowest BCUT2D eigenvalue weighted by molar-refractivity contribution is -0.144. The molecule has 10 N–H and O–H groups in total. The second-order valence-electron chi connectivity index (χ2n) is 8.52. The Hall–Kier alpha value is -4.24. The van der Waals surface area contributed by atoms with Crippen LogP contribution in [0.4, 0.5) is 0 Å². The lowest BCUT2D eigenvalue weighted by Crippen LogP contribution is -2.58. The standard InChI is InChI=1S/C23H32N4O11/c1-11(28)19(24)22(36)27-16(10-12-2-4-13(29)5-3-12)21(35)25-14(6-8-17(30)31)20(34)26-15(23(37)38)7-9-18(32)33/h2-5,11,14-16,19,28-29H,6-10,24H2,1H3,(H,25,35)(H,26,34)(H,27,36)(H,30,31)(H,32,33)(H,37,38). The van der Waals surface area contributed by atoms with E-state index in [4.69, 9.17) is 15.9 Å².